The maximum Gasteiger partial charge on any atom is 0.325 e. The lowest BCUT2D eigenvalue weighted by atomic mass is 10.3. The lowest BCUT2D eigenvalue weighted by molar-refractivity contribution is 0.601. The molecule has 0 spiro atoms. The normalized spacial score (nSPS) is 11.5. The Labute approximate surface area is 133 Å². The summed E-state index contributed by atoms with van der Waals surface area (Å²) in [6.07, 6.45) is 2.34. The molecule has 0 aliphatic heterocycles. The number of hydrogen-bond donors (Lipinski definition) is 3. The van der Waals surface area contributed by atoms with Crippen molar-refractivity contribution in [2.24, 2.45) is 7.05 Å². The van der Waals surface area contributed by atoms with E-state index in [1.54, 1.807) is 24.6 Å². The lowest BCUT2D eigenvalue weighted by Crippen LogP contribution is -2.26. The zero-order valence-corrected chi connectivity index (χ0v) is 13.4. The second-order valence-electron chi connectivity index (χ2n) is 4.58. The average molecular weight is 353 g/mol. The van der Waals surface area contributed by atoms with Crippen molar-refractivity contribution in [2.45, 2.75) is 4.90 Å². The number of H-pyrrole nitrogens is 2. The van der Waals surface area contributed by atoms with Crippen molar-refractivity contribution in [3.8, 4) is 10.6 Å². The summed E-state index contributed by atoms with van der Waals surface area (Å²) < 4.78 is 28.7. The maximum absolute atomic E-state index is 12.6. The van der Waals surface area contributed by atoms with Crippen LogP contribution in [0.2, 0.25) is 0 Å². The van der Waals surface area contributed by atoms with Gasteiger partial charge < -0.3 is 4.98 Å². The Morgan fingerprint density at radius 3 is 2.78 bits per heavy atom. The molecule has 0 bridgehead atoms. The molecule has 11 heteroatoms. The second-order valence-corrected chi connectivity index (χ2v) is 7.18. The Kier molecular flexibility index (Phi) is 3.66. The first-order chi connectivity index (χ1) is 10.9. The van der Waals surface area contributed by atoms with E-state index < -0.39 is 21.3 Å². The van der Waals surface area contributed by atoms with Gasteiger partial charge in [-0.2, -0.15) is 5.10 Å². The monoisotopic (exact) mass is 353 g/mol. The molecule has 3 aromatic rings. The van der Waals surface area contributed by atoms with Gasteiger partial charge in [-0.1, -0.05) is 6.07 Å². The van der Waals surface area contributed by atoms with Crippen LogP contribution >= 0.6 is 11.3 Å². The first kappa shape index (κ1) is 15.2. The summed E-state index contributed by atoms with van der Waals surface area (Å²) >= 11 is 1.35. The summed E-state index contributed by atoms with van der Waals surface area (Å²) in [5.74, 6) is 0. The van der Waals surface area contributed by atoms with Gasteiger partial charge in [-0.05, 0) is 11.4 Å². The van der Waals surface area contributed by atoms with Crippen LogP contribution in [0.3, 0.4) is 0 Å². The van der Waals surface area contributed by atoms with Crippen LogP contribution in [0, 0.1) is 0 Å². The number of hydrogen-bond acceptors (Lipinski definition) is 6. The molecule has 3 N–H and O–H groups in total. The van der Waals surface area contributed by atoms with Gasteiger partial charge in [0.25, 0.3) is 15.6 Å². The van der Waals surface area contributed by atoms with Crippen molar-refractivity contribution in [1.29, 1.82) is 0 Å². The number of nitrogens with zero attached hydrogens (tertiary/aromatic N) is 2. The SMILES string of the molecule is Cn1cc(S(=O)(=O)Nc2c[nH]c(=O)[nH]c2=O)c(-c2cccs2)n1. The van der Waals surface area contributed by atoms with Crippen LogP contribution in [0.1, 0.15) is 0 Å². The fourth-order valence-corrected chi connectivity index (χ4v) is 3.97. The number of aromatic nitrogens is 4. The Hall–Kier alpha value is -2.66. The Balaban J connectivity index is 2.07. The van der Waals surface area contributed by atoms with Crippen LogP contribution in [-0.2, 0) is 17.1 Å². The predicted molar refractivity (Wildman–Crippen MR) is 85.0 cm³/mol. The number of aromatic amines is 2. The number of nitrogens with one attached hydrogen (secondary N) is 3. The van der Waals surface area contributed by atoms with E-state index in [2.05, 4.69) is 14.8 Å². The van der Waals surface area contributed by atoms with Crippen molar-refractivity contribution < 1.29 is 8.42 Å². The molecule has 3 heterocycles. The van der Waals surface area contributed by atoms with Crippen LogP contribution in [0.5, 0.6) is 0 Å². The quantitative estimate of drug-likeness (QED) is 0.622. The third-order valence-corrected chi connectivity index (χ3v) is 5.15. The van der Waals surface area contributed by atoms with Crippen molar-refractivity contribution in [3.05, 3.63) is 50.7 Å². The highest BCUT2D eigenvalue weighted by Gasteiger charge is 2.24. The molecule has 0 saturated heterocycles. The molecule has 9 nitrogen and oxygen atoms in total. The molecule has 0 atom stereocenters. The van der Waals surface area contributed by atoms with Gasteiger partial charge in [-0.15, -0.1) is 11.3 Å². The molecule has 120 valence electrons. The number of anilines is 1. The minimum Gasteiger partial charge on any atom is -0.312 e. The summed E-state index contributed by atoms with van der Waals surface area (Å²) in [6, 6.07) is 3.53. The first-order valence-electron chi connectivity index (χ1n) is 6.29. The van der Waals surface area contributed by atoms with E-state index in [-0.39, 0.29) is 16.3 Å². The summed E-state index contributed by atoms with van der Waals surface area (Å²) in [5, 5.41) is 5.97. The van der Waals surface area contributed by atoms with Crippen LogP contribution < -0.4 is 16.0 Å². The van der Waals surface area contributed by atoms with E-state index in [9.17, 15) is 18.0 Å². The third-order valence-electron chi connectivity index (χ3n) is 2.90. The number of thiophene rings is 1. The van der Waals surface area contributed by atoms with E-state index in [0.29, 0.717) is 4.88 Å². The Bertz CT molecular complexity index is 1060. The van der Waals surface area contributed by atoms with Gasteiger partial charge in [0.1, 0.15) is 16.3 Å². The smallest absolute Gasteiger partial charge is 0.312 e. The minimum atomic E-state index is -4.05. The topological polar surface area (TPSA) is 130 Å². The highest BCUT2D eigenvalue weighted by molar-refractivity contribution is 7.92. The Morgan fingerprint density at radius 1 is 1.35 bits per heavy atom. The van der Waals surface area contributed by atoms with E-state index >= 15 is 0 Å². The van der Waals surface area contributed by atoms with Gasteiger partial charge in [0, 0.05) is 19.4 Å². The first-order valence-corrected chi connectivity index (χ1v) is 8.65. The molecule has 0 aromatic carbocycles. The summed E-state index contributed by atoms with van der Waals surface area (Å²) in [5.41, 5.74) is -1.56. The van der Waals surface area contributed by atoms with Gasteiger partial charge in [0.2, 0.25) is 0 Å². The highest BCUT2D eigenvalue weighted by Crippen LogP contribution is 2.29. The molecule has 3 aromatic heterocycles. The van der Waals surface area contributed by atoms with E-state index in [1.165, 1.54) is 22.2 Å². The maximum atomic E-state index is 12.6. The standard InChI is InChI=1S/C12H11N5O4S2/c1-17-6-9(10(15-17)8-3-2-4-22-8)23(20,21)16-7-5-13-12(19)14-11(7)18/h2-6,16H,1H3,(H2,13,14,18,19). The van der Waals surface area contributed by atoms with Crippen LogP contribution in [0.4, 0.5) is 5.69 Å². The summed E-state index contributed by atoms with van der Waals surface area (Å²) in [7, 11) is -2.45. The van der Waals surface area contributed by atoms with Gasteiger partial charge in [-0.25, -0.2) is 13.2 Å². The largest absolute Gasteiger partial charge is 0.325 e. The van der Waals surface area contributed by atoms with E-state index in [4.69, 9.17) is 0 Å². The molecule has 0 amide bonds. The predicted octanol–water partition coefficient (Wildman–Crippen LogP) is 0.326. The summed E-state index contributed by atoms with van der Waals surface area (Å²) in [4.78, 5) is 27.4. The average Bonchev–Trinajstić information content (AvgIpc) is 3.11. The molecule has 0 fully saturated rings. The van der Waals surface area contributed by atoms with Crippen LogP contribution in [0.15, 0.2) is 44.4 Å². The second kappa shape index (κ2) is 5.52. The number of aryl methyl sites for hydroxylation is 1. The fraction of sp³-hybridized carbons (Fsp3) is 0.0833. The molecule has 0 aliphatic carbocycles. The fourth-order valence-electron chi connectivity index (χ4n) is 1.93. The van der Waals surface area contributed by atoms with Crippen molar-refractivity contribution in [1.82, 2.24) is 19.7 Å². The molecule has 3 rings (SSSR count). The van der Waals surface area contributed by atoms with E-state index in [1.807, 2.05) is 4.98 Å². The molecule has 0 saturated carbocycles. The zero-order chi connectivity index (χ0) is 16.6. The van der Waals surface area contributed by atoms with Gasteiger partial charge in [-0.3, -0.25) is 19.2 Å². The van der Waals surface area contributed by atoms with Crippen LogP contribution in [0.25, 0.3) is 10.6 Å². The number of rotatable bonds is 4. The molecule has 0 unspecified atom stereocenters. The minimum absolute atomic E-state index is 0.0620. The molecular weight excluding hydrogens is 342 g/mol. The van der Waals surface area contributed by atoms with Gasteiger partial charge >= 0.3 is 5.69 Å². The Morgan fingerprint density at radius 2 is 2.13 bits per heavy atom. The van der Waals surface area contributed by atoms with Crippen molar-refractivity contribution in [2.75, 3.05) is 4.72 Å². The van der Waals surface area contributed by atoms with Crippen LogP contribution in [-0.4, -0.2) is 28.2 Å². The molecule has 0 radical (unpaired) electrons. The van der Waals surface area contributed by atoms with Crippen molar-refractivity contribution >= 4 is 27.0 Å². The van der Waals surface area contributed by atoms with E-state index in [0.717, 1.165) is 6.20 Å². The van der Waals surface area contributed by atoms with Gasteiger partial charge in [0.05, 0.1) is 4.88 Å². The molecular formula is C12H11N5O4S2. The molecule has 23 heavy (non-hydrogen) atoms. The van der Waals surface area contributed by atoms with Gasteiger partial charge in [0.15, 0.2) is 0 Å². The number of sulfonamides is 1. The van der Waals surface area contributed by atoms with Crippen molar-refractivity contribution in [3.63, 3.8) is 0 Å². The lowest BCUT2D eigenvalue weighted by Gasteiger charge is -2.06. The third kappa shape index (κ3) is 2.96. The summed E-state index contributed by atoms with van der Waals surface area (Å²) in [6.45, 7) is 0. The molecule has 0 aliphatic rings. The zero-order valence-electron chi connectivity index (χ0n) is 11.7. The highest BCUT2D eigenvalue weighted by atomic mass is 32.2.